The summed E-state index contributed by atoms with van der Waals surface area (Å²) in [5.74, 6) is -0.216. The Labute approximate surface area is 116 Å². The molecule has 2 aromatic heterocycles. The van der Waals surface area contributed by atoms with Crippen molar-refractivity contribution in [1.82, 2.24) is 19.9 Å². The minimum atomic E-state index is -0.454. The van der Waals surface area contributed by atoms with Gasteiger partial charge in [-0.25, -0.2) is 9.50 Å². The van der Waals surface area contributed by atoms with Crippen LogP contribution in [0, 0.1) is 13.8 Å². The van der Waals surface area contributed by atoms with Gasteiger partial charge in [0.25, 0.3) is 5.91 Å². The summed E-state index contributed by atoms with van der Waals surface area (Å²) in [7, 11) is 0. The first-order valence-corrected chi connectivity index (χ1v) is 6.80. The summed E-state index contributed by atoms with van der Waals surface area (Å²) < 4.78 is 1.66. The molecule has 0 aromatic carbocycles. The van der Waals surface area contributed by atoms with Crippen molar-refractivity contribution >= 4 is 11.6 Å². The second kappa shape index (κ2) is 4.56. The second-order valence-electron chi connectivity index (χ2n) is 5.58. The summed E-state index contributed by atoms with van der Waals surface area (Å²) in [6.07, 6.45) is 4.21. The zero-order chi connectivity index (χ0) is 14.3. The smallest absolute Gasteiger partial charge is 0.257 e. The van der Waals surface area contributed by atoms with Crippen molar-refractivity contribution in [2.75, 3.05) is 6.61 Å². The van der Waals surface area contributed by atoms with Gasteiger partial charge in [-0.1, -0.05) is 0 Å². The highest BCUT2D eigenvalue weighted by molar-refractivity contribution is 6.00. The van der Waals surface area contributed by atoms with Gasteiger partial charge in [0, 0.05) is 11.4 Å². The molecule has 20 heavy (non-hydrogen) atoms. The molecule has 1 saturated carbocycles. The molecule has 0 unspecified atom stereocenters. The fourth-order valence-corrected chi connectivity index (χ4v) is 2.66. The van der Waals surface area contributed by atoms with E-state index in [4.69, 9.17) is 0 Å². The van der Waals surface area contributed by atoms with Crippen molar-refractivity contribution in [1.29, 1.82) is 0 Å². The molecule has 6 nitrogen and oxygen atoms in total. The van der Waals surface area contributed by atoms with E-state index in [0.29, 0.717) is 11.2 Å². The molecule has 0 aliphatic heterocycles. The van der Waals surface area contributed by atoms with Gasteiger partial charge in [0.1, 0.15) is 5.56 Å². The highest BCUT2D eigenvalue weighted by Crippen LogP contribution is 2.31. The fourth-order valence-electron chi connectivity index (χ4n) is 2.66. The van der Waals surface area contributed by atoms with Crippen LogP contribution in [0.25, 0.3) is 5.65 Å². The molecule has 2 aromatic rings. The van der Waals surface area contributed by atoms with Crippen LogP contribution in [0.4, 0.5) is 0 Å². The predicted molar refractivity (Wildman–Crippen MR) is 73.6 cm³/mol. The van der Waals surface area contributed by atoms with E-state index in [1.165, 1.54) is 6.20 Å². The molecule has 1 aliphatic carbocycles. The predicted octanol–water partition coefficient (Wildman–Crippen LogP) is 0.991. The molecule has 1 amide bonds. The van der Waals surface area contributed by atoms with Gasteiger partial charge in [-0.2, -0.15) is 5.10 Å². The number of carbonyl (C=O) groups is 1. The van der Waals surface area contributed by atoms with E-state index in [2.05, 4.69) is 15.4 Å². The van der Waals surface area contributed by atoms with Gasteiger partial charge < -0.3 is 10.4 Å². The minimum absolute atomic E-state index is 0.0244. The number of hydrogen-bond acceptors (Lipinski definition) is 4. The molecule has 106 valence electrons. The van der Waals surface area contributed by atoms with Gasteiger partial charge in [-0.05, 0) is 39.2 Å². The highest BCUT2D eigenvalue weighted by atomic mass is 16.3. The largest absolute Gasteiger partial charge is 0.394 e. The Morgan fingerprint density at radius 3 is 2.85 bits per heavy atom. The first kappa shape index (κ1) is 13.1. The lowest BCUT2D eigenvalue weighted by molar-refractivity contribution is 0.0643. The maximum atomic E-state index is 12.4. The number of amides is 1. The second-order valence-corrected chi connectivity index (χ2v) is 5.58. The van der Waals surface area contributed by atoms with Crippen LogP contribution in [-0.2, 0) is 0 Å². The third-order valence-corrected chi connectivity index (χ3v) is 4.01. The minimum Gasteiger partial charge on any atom is -0.394 e. The van der Waals surface area contributed by atoms with Crippen LogP contribution in [0.1, 0.15) is 41.0 Å². The summed E-state index contributed by atoms with van der Waals surface area (Å²) >= 11 is 0. The zero-order valence-corrected chi connectivity index (χ0v) is 11.7. The van der Waals surface area contributed by atoms with Crippen LogP contribution >= 0.6 is 0 Å². The van der Waals surface area contributed by atoms with Gasteiger partial charge >= 0.3 is 0 Å². The van der Waals surface area contributed by atoms with Crippen molar-refractivity contribution in [3.05, 3.63) is 29.2 Å². The van der Waals surface area contributed by atoms with Gasteiger partial charge in [-0.15, -0.1) is 0 Å². The summed E-state index contributed by atoms with van der Waals surface area (Å²) in [6.45, 7) is 3.80. The average Bonchev–Trinajstić information content (AvgIpc) is 2.77. The Hall–Kier alpha value is -1.95. The lowest BCUT2D eigenvalue weighted by Gasteiger charge is -2.40. The topological polar surface area (TPSA) is 79.5 Å². The highest BCUT2D eigenvalue weighted by Gasteiger charge is 2.38. The van der Waals surface area contributed by atoms with Crippen molar-refractivity contribution in [3.63, 3.8) is 0 Å². The lowest BCUT2D eigenvalue weighted by Crippen LogP contribution is -2.56. The van der Waals surface area contributed by atoms with Crippen LogP contribution in [0.5, 0.6) is 0 Å². The molecular formula is C14H18N4O2. The van der Waals surface area contributed by atoms with E-state index in [1.807, 2.05) is 19.9 Å². The van der Waals surface area contributed by atoms with Crippen LogP contribution < -0.4 is 5.32 Å². The van der Waals surface area contributed by atoms with Crippen LogP contribution in [0.15, 0.2) is 12.3 Å². The van der Waals surface area contributed by atoms with E-state index in [0.717, 1.165) is 30.7 Å². The Kier molecular flexibility index (Phi) is 2.97. The van der Waals surface area contributed by atoms with Gasteiger partial charge in [0.15, 0.2) is 5.65 Å². The Morgan fingerprint density at radius 1 is 1.50 bits per heavy atom. The number of aromatic nitrogens is 3. The van der Waals surface area contributed by atoms with Crippen LogP contribution in [-0.4, -0.2) is 37.8 Å². The Balaban J connectivity index is 1.96. The molecule has 0 radical (unpaired) electrons. The SMILES string of the molecule is Cc1cc(C)n2ncc(C(=O)NC3(CO)CCC3)c2n1. The molecule has 6 heteroatoms. The average molecular weight is 274 g/mol. The Bertz CT molecular complexity index is 668. The van der Waals surface area contributed by atoms with E-state index in [9.17, 15) is 9.90 Å². The van der Waals surface area contributed by atoms with E-state index in [1.54, 1.807) is 4.52 Å². The summed E-state index contributed by atoms with van der Waals surface area (Å²) in [5, 5.41) is 16.6. The number of rotatable bonds is 3. The number of aryl methyl sites for hydroxylation is 2. The number of aliphatic hydroxyl groups excluding tert-OH is 1. The molecule has 0 atom stereocenters. The van der Waals surface area contributed by atoms with Gasteiger partial charge in [0.05, 0.1) is 18.3 Å². The first-order valence-electron chi connectivity index (χ1n) is 6.80. The number of carbonyl (C=O) groups excluding carboxylic acids is 1. The molecule has 0 spiro atoms. The maximum Gasteiger partial charge on any atom is 0.257 e. The number of nitrogens with one attached hydrogen (secondary N) is 1. The lowest BCUT2D eigenvalue weighted by atomic mass is 9.77. The molecule has 1 aliphatic rings. The van der Waals surface area contributed by atoms with Gasteiger partial charge in [0.2, 0.25) is 0 Å². The monoisotopic (exact) mass is 274 g/mol. The maximum absolute atomic E-state index is 12.4. The van der Waals surface area contributed by atoms with Gasteiger partial charge in [-0.3, -0.25) is 4.79 Å². The molecule has 0 saturated heterocycles. The molecule has 2 N–H and O–H groups in total. The zero-order valence-electron chi connectivity index (χ0n) is 11.7. The molecular weight excluding hydrogens is 256 g/mol. The van der Waals surface area contributed by atoms with Crippen molar-refractivity contribution in [2.24, 2.45) is 0 Å². The van der Waals surface area contributed by atoms with E-state index >= 15 is 0 Å². The number of aliphatic hydroxyl groups is 1. The third-order valence-electron chi connectivity index (χ3n) is 4.01. The van der Waals surface area contributed by atoms with Crippen molar-refractivity contribution in [2.45, 2.75) is 38.6 Å². The first-order chi connectivity index (χ1) is 9.54. The molecule has 2 heterocycles. The Morgan fingerprint density at radius 2 is 2.25 bits per heavy atom. The number of nitrogens with zero attached hydrogens (tertiary/aromatic N) is 3. The molecule has 1 fully saturated rings. The summed E-state index contributed by atoms with van der Waals surface area (Å²) in [6, 6.07) is 1.92. The molecule has 0 bridgehead atoms. The third kappa shape index (κ3) is 1.96. The van der Waals surface area contributed by atoms with Crippen LogP contribution in [0.3, 0.4) is 0 Å². The standard InChI is InChI=1S/C14H18N4O2/c1-9-6-10(2)18-12(16-9)11(7-15-18)13(20)17-14(8-19)4-3-5-14/h6-7,19H,3-5,8H2,1-2H3,(H,17,20). The fraction of sp³-hybridized carbons (Fsp3) is 0.500. The van der Waals surface area contributed by atoms with Crippen molar-refractivity contribution in [3.8, 4) is 0 Å². The number of hydrogen-bond donors (Lipinski definition) is 2. The summed E-state index contributed by atoms with van der Waals surface area (Å²) in [5.41, 5.74) is 2.35. The normalized spacial score (nSPS) is 16.9. The number of fused-ring (bicyclic) bond motifs is 1. The van der Waals surface area contributed by atoms with Crippen molar-refractivity contribution < 1.29 is 9.90 Å². The van der Waals surface area contributed by atoms with E-state index in [-0.39, 0.29) is 12.5 Å². The van der Waals surface area contributed by atoms with E-state index < -0.39 is 5.54 Å². The van der Waals surface area contributed by atoms with Crippen LogP contribution in [0.2, 0.25) is 0 Å². The molecule has 3 rings (SSSR count). The quantitative estimate of drug-likeness (QED) is 0.874. The summed E-state index contributed by atoms with van der Waals surface area (Å²) in [4.78, 5) is 16.8.